The molecule has 1 unspecified atom stereocenters. The summed E-state index contributed by atoms with van der Waals surface area (Å²) in [6.07, 6.45) is 0. The van der Waals surface area contributed by atoms with E-state index in [9.17, 15) is 4.79 Å². The topological polar surface area (TPSA) is 68.0 Å². The minimum atomic E-state index is -0.383. The molecule has 0 aliphatic carbocycles. The summed E-state index contributed by atoms with van der Waals surface area (Å²) in [7, 11) is 0. The Morgan fingerprint density at radius 2 is 1.81 bits per heavy atom. The highest BCUT2D eigenvalue weighted by Gasteiger charge is 2.19. The molecule has 3 aromatic rings. The highest BCUT2D eigenvalue weighted by atomic mass is 16.5. The molecule has 1 heterocycles. The minimum Gasteiger partial charge on any atom is -0.341 e. The minimum absolute atomic E-state index is 0.0538. The summed E-state index contributed by atoms with van der Waals surface area (Å²) < 4.78 is 5.35. The Bertz CT molecular complexity index is 937. The van der Waals surface area contributed by atoms with Crippen LogP contribution >= 0.6 is 0 Å². The number of nitrogens with zero attached hydrogens (tertiary/aromatic N) is 2. The Kier molecular flexibility index (Phi) is 5.13. The van der Waals surface area contributed by atoms with Gasteiger partial charge in [-0.15, -0.1) is 0 Å². The van der Waals surface area contributed by atoms with Gasteiger partial charge < -0.3 is 9.84 Å². The van der Waals surface area contributed by atoms with Gasteiger partial charge in [0.15, 0.2) is 0 Å². The molecule has 0 saturated heterocycles. The molecular formula is C22H25N3O2. The number of rotatable bonds is 4. The van der Waals surface area contributed by atoms with Gasteiger partial charge in [-0.1, -0.05) is 61.8 Å². The van der Waals surface area contributed by atoms with Gasteiger partial charge in [0, 0.05) is 11.1 Å². The van der Waals surface area contributed by atoms with Crippen LogP contribution in [-0.4, -0.2) is 16.0 Å². The number of aromatic nitrogens is 2. The summed E-state index contributed by atoms with van der Waals surface area (Å²) in [5, 5.41) is 6.94. The Labute approximate surface area is 159 Å². The third kappa shape index (κ3) is 4.42. The fourth-order valence-electron chi connectivity index (χ4n) is 2.78. The Morgan fingerprint density at radius 3 is 2.44 bits per heavy atom. The lowest BCUT2D eigenvalue weighted by Crippen LogP contribution is -2.27. The average Bonchev–Trinajstić information content (AvgIpc) is 3.11. The molecule has 0 spiro atoms. The van der Waals surface area contributed by atoms with Crippen LogP contribution in [-0.2, 0) is 5.41 Å². The van der Waals surface area contributed by atoms with Gasteiger partial charge in [0.1, 0.15) is 6.04 Å². The molecule has 3 rings (SSSR count). The van der Waals surface area contributed by atoms with Crippen molar-refractivity contribution < 1.29 is 9.32 Å². The van der Waals surface area contributed by atoms with Crippen LogP contribution in [0.25, 0.3) is 11.4 Å². The van der Waals surface area contributed by atoms with Crippen molar-refractivity contribution in [2.45, 2.75) is 46.1 Å². The molecule has 2 aromatic carbocycles. The average molecular weight is 363 g/mol. The summed E-state index contributed by atoms with van der Waals surface area (Å²) in [4.78, 5) is 16.9. The zero-order valence-corrected chi connectivity index (χ0v) is 16.4. The lowest BCUT2D eigenvalue weighted by Gasteiger charge is -2.19. The molecule has 0 saturated carbocycles. The van der Waals surface area contributed by atoms with Crippen LogP contribution in [0.5, 0.6) is 0 Å². The van der Waals surface area contributed by atoms with E-state index >= 15 is 0 Å². The van der Waals surface area contributed by atoms with Gasteiger partial charge in [-0.2, -0.15) is 4.98 Å². The van der Waals surface area contributed by atoms with Crippen molar-refractivity contribution in [2.75, 3.05) is 0 Å². The molecule has 1 aromatic heterocycles. The summed E-state index contributed by atoms with van der Waals surface area (Å²) in [5.41, 5.74) is 3.86. The molecule has 0 bridgehead atoms. The number of nitrogens with one attached hydrogen (secondary N) is 1. The maximum absolute atomic E-state index is 12.5. The first-order chi connectivity index (χ1) is 12.7. The maximum Gasteiger partial charge on any atom is 0.251 e. The Morgan fingerprint density at radius 1 is 1.11 bits per heavy atom. The zero-order chi connectivity index (χ0) is 19.6. The van der Waals surface area contributed by atoms with E-state index in [1.807, 2.05) is 62.4 Å². The summed E-state index contributed by atoms with van der Waals surface area (Å²) in [6.45, 7) is 10.3. The Balaban J connectivity index is 1.70. The normalized spacial score (nSPS) is 12.6. The van der Waals surface area contributed by atoms with E-state index in [0.717, 1.165) is 11.1 Å². The fraction of sp³-hybridized carbons (Fsp3) is 0.318. The number of hydrogen-bond donors (Lipinski definition) is 1. The summed E-state index contributed by atoms with van der Waals surface area (Å²) in [5.74, 6) is 0.730. The van der Waals surface area contributed by atoms with Gasteiger partial charge in [-0.25, -0.2) is 0 Å². The van der Waals surface area contributed by atoms with E-state index in [1.54, 1.807) is 0 Å². The van der Waals surface area contributed by atoms with Crippen molar-refractivity contribution in [1.82, 2.24) is 15.5 Å². The first-order valence-corrected chi connectivity index (χ1v) is 9.06. The molecule has 5 heteroatoms. The van der Waals surface area contributed by atoms with E-state index < -0.39 is 0 Å². The summed E-state index contributed by atoms with van der Waals surface area (Å²) in [6, 6.07) is 15.2. The molecule has 27 heavy (non-hydrogen) atoms. The van der Waals surface area contributed by atoms with Crippen LogP contribution < -0.4 is 5.32 Å². The van der Waals surface area contributed by atoms with Crippen molar-refractivity contribution in [3.05, 3.63) is 71.1 Å². The molecule has 1 amide bonds. The monoisotopic (exact) mass is 363 g/mol. The number of carbonyl (C=O) groups is 1. The van der Waals surface area contributed by atoms with Gasteiger partial charge >= 0.3 is 0 Å². The van der Waals surface area contributed by atoms with Gasteiger partial charge in [-0.05, 0) is 43.0 Å². The number of aryl methyl sites for hydroxylation is 1. The molecule has 1 atom stereocenters. The van der Waals surface area contributed by atoms with E-state index in [4.69, 9.17) is 4.52 Å². The van der Waals surface area contributed by atoms with Crippen LogP contribution in [0.4, 0.5) is 0 Å². The predicted octanol–water partition coefficient (Wildman–Crippen LogP) is 4.83. The Hall–Kier alpha value is -2.95. The molecule has 0 radical (unpaired) electrons. The van der Waals surface area contributed by atoms with Crippen molar-refractivity contribution in [3.63, 3.8) is 0 Å². The van der Waals surface area contributed by atoms with Crippen LogP contribution in [0.15, 0.2) is 53.1 Å². The van der Waals surface area contributed by atoms with E-state index in [1.165, 1.54) is 5.56 Å². The second-order valence-electron chi connectivity index (χ2n) is 7.85. The van der Waals surface area contributed by atoms with E-state index in [-0.39, 0.29) is 17.4 Å². The third-order valence-electron chi connectivity index (χ3n) is 4.45. The maximum atomic E-state index is 12.5. The van der Waals surface area contributed by atoms with Crippen LogP contribution in [0.2, 0.25) is 0 Å². The van der Waals surface area contributed by atoms with Crippen molar-refractivity contribution in [3.8, 4) is 11.4 Å². The van der Waals surface area contributed by atoms with E-state index in [2.05, 4.69) is 36.2 Å². The highest BCUT2D eigenvalue weighted by Crippen LogP contribution is 2.23. The quantitative estimate of drug-likeness (QED) is 0.720. The first-order valence-electron chi connectivity index (χ1n) is 9.06. The highest BCUT2D eigenvalue weighted by molar-refractivity contribution is 5.94. The molecule has 0 fully saturated rings. The molecule has 5 nitrogen and oxygen atoms in total. The van der Waals surface area contributed by atoms with Crippen LogP contribution in [0.1, 0.15) is 61.1 Å². The number of benzene rings is 2. The fourth-order valence-corrected chi connectivity index (χ4v) is 2.78. The third-order valence-corrected chi connectivity index (χ3v) is 4.45. The molecule has 140 valence electrons. The van der Waals surface area contributed by atoms with Gasteiger partial charge in [0.2, 0.25) is 11.7 Å². The van der Waals surface area contributed by atoms with Gasteiger partial charge in [0.05, 0.1) is 0 Å². The lowest BCUT2D eigenvalue weighted by molar-refractivity contribution is 0.0932. The molecule has 1 N–H and O–H groups in total. The van der Waals surface area contributed by atoms with E-state index in [0.29, 0.717) is 17.3 Å². The van der Waals surface area contributed by atoms with Gasteiger partial charge in [-0.3, -0.25) is 4.79 Å². The lowest BCUT2D eigenvalue weighted by atomic mass is 9.86. The van der Waals surface area contributed by atoms with Crippen molar-refractivity contribution in [2.24, 2.45) is 0 Å². The first kappa shape index (κ1) is 18.8. The number of amides is 1. The summed E-state index contributed by atoms with van der Waals surface area (Å²) >= 11 is 0. The van der Waals surface area contributed by atoms with Crippen LogP contribution in [0.3, 0.4) is 0 Å². The van der Waals surface area contributed by atoms with Crippen molar-refractivity contribution >= 4 is 5.91 Å². The molecular weight excluding hydrogens is 338 g/mol. The second kappa shape index (κ2) is 7.35. The molecule has 0 aliphatic rings. The largest absolute Gasteiger partial charge is 0.341 e. The smallest absolute Gasteiger partial charge is 0.251 e. The number of carbonyl (C=O) groups excluding carboxylic acids is 1. The van der Waals surface area contributed by atoms with Crippen LogP contribution in [0, 0.1) is 6.92 Å². The predicted molar refractivity (Wildman–Crippen MR) is 105 cm³/mol. The SMILES string of the molecule is Cc1cccc(-c2noc(C(C)NC(=O)c3ccc(C(C)(C)C)cc3)n2)c1. The van der Waals surface area contributed by atoms with Gasteiger partial charge in [0.25, 0.3) is 5.91 Å². The second-order valence-corrected chi connectivity index (χ2v) is 7.85. The standard InChI is InChI=1S/C22H25N3O2/c1-14-7-6-8-17(13-14)19-24-21(27-25-19)15(2)23-20(26)16-9-11-18(12-10-16)22(3,4)5/h6-13,15H,1-5H3,(H,23,26). The number of hydrogen-bond acceptors (Lipinski definition) is 4. The zero-order valence-electron chi connectivity index (χ0n) is 16.4. The molecule has 0 aliphatic heterocycles. The van der Waals surface area contributed by atoms with Crippen molar-refractivity contribution in [1.29, 1.82) is 0 Å².